The smallest absolute Gasteiger partial charge is 0.0323 e. The van der Waals surface area contributed by atoms with Crippen LogP contribution in [0.5, 0.6) is 0 Å². The Balaban J connectivity index is 2.12. The fourth-order valence-electron chi connectivity index (χ4n) is 1.97. The molecular weight excluding hydrogens is 170 g/mol. The van der Waals surface area contributed by atoms with Crippen molar-refractivity contribution in [2.45, 2.75) is 38.6 Å². The molecule has 1 saturated carbocycles. The van der Waals surface area contributed by atoms with Crippen LogP contribution in [0.25, 0.3) is 0 Å². The zero-order chi connectivity index (χ0) is 9.97. The molecule has 1 aromatic carbocycles. The highest BCUT2D eigenvalue weighted by Gasteiger charge is 2.29. The van der Waals surface area contributed by atoms with Crippen molar-refractivity contribution < 1.29 is 0 Å². The molecule has 1 heteroatoms. The molecule has 1 aliphatic rings. The van der Waals surface area contributed by atoms with Crippen LogP contribution in [0.1, 0.15) is 43.4 Å². The molecule has 0 radical (unpaired) electrons. The van der Waals surface area contributed by atoms with Gasteiger partial charge in [-0.2, -0.15) is 0 Å². The second-order valence-corrected chi connectivity index (χ2v) is 4.36. The maximum Gasteiger partial charge on any atom is 0.0323 e. The summed E-state index contributed by atoms with van der Waals surface area (Å²) in [6, 6.07) is 9.08. The van der Waals surface area contributed by atoms with E-state index >= 15 is 0 Å². The van der Waals surface area contributed by atoms with E-state index in [4.69, 9.17) is 5.73 Å². The van der Waals surface area contributed by atoms with Crippen LogP contribution >= 0.6 is 0 Å². The molecule has 0 aliphatic heterocycles. The van der Waals surface area contributed by atoms with Gasteiger partial charge >= 0.3 is 0 Å². The quantitative estimate of drug-likeness (QED) is 0.774. The van der Waals surface area contributed by atoms with Crippen molar-refractivity contribution in [3.63, 3.8) is 0 Å². The van der Waals surface area contributed by atoms with Gasteiger partial charge in [0, 0.05) is 6.04 Å². The summed E-state index contributed by atoms with van der Waals surface area (Å²) in [5.74, 6) is 0.756. The number of hydrogen-bond donors (Lipinski definition) is 1. The maximum atomic E-state index is 6.17. The predicted molar refractivity (Wildman–Crippen MR) is 60.1 cm³/mol. The first-order valence-corrected chi connectivity index (χ1v) is 5.65. The number of benzene rings is 1. The molecule has 2 rings (SSSR count). The van der Waals surface area contributed by atoms with Crippen LogP contribution in [0.2, 0.25) is 0 Å². The normalized spacial score (nSPS) is 18.1. The third-order valence-corrected chi connectivity index (χ3v) is 3.00. The Morgan fingerprint density at radius 3 is 2.86 bits per heavy atom. The Morgan fingerprint density at radius 1 is 1.43 bits per heavy atom. The zero-order valence-electron chi connectivity index (χ0n) is 8.87. The third-order valence-electron chi connectivity index (χ3n) is 3.00. The molecule has 1 fully saturated rings. The molecule has 0 heterocycles. The second-order valence-electron chi connectivity index (χ2n) is 4.36. The van der Waals surface area contributed by atoms with Crippen LogP contribution in [0, 0.1) is 5.92 Å². The Kier molecular flexibility index (Phi) is 2.87. The van der Waals surface area contributed by atoms with E-state index in [1.807, 2.05) is 0 Å². The van der Waals surface area contributed by atoms with Crippen molar-refractivity contribution in [2.24, 2.45) is 11.7 Å². The summed E-state index contributed by atoms with van der Waals surface area (Å²) in [7, 11) is 0. The summed E-state index contributed by atoms with van der Waals surface area (Å²) in [4.78, 5) is 0. The van der Waals surface area contributed by atoms with Gasteiger partial charge < -0.3 is 5.73 Å². The number of hydrogen-bond acceptors (Lipinski definition) is 1. The van der Waals surface area contributed by atoms with E-state index in [0.717, 1.165) is 5.92 Å². The van der Waals surface area contributed by atoms with E-state index in [-0.39, 0.29) is 6.04 Å². The molecule has 2 N–H and O–H groups in total. The lowest BCUT2D eigenvalue weighted by atomic mass is 9.99. The molecule has 1 aromatic rings. The zero-order valence-corrected chi connectivity index (χ0v) is 8.87. The van der Waals surface area contributed by atoms with Gasteiger partial charge in [0.1, 0.15) is 0 Å². The minimum atomic E-state index is 0.284. The summed E-state index contributed by atoms with van der Waals surface area (Å²) in [6.07, 6.45) is 5.02. The monoisotopic (exact) mass is 189 g/mol. The maximum absolute atomic E-state index is 6.17. The van der Waals surface area contributed by atoms with Gasteiger partial charge in [-0.05, 0) is 36.3 Å². The lowest BCUT2D eigenvalue weighted by molar-refractivity contribution is 0.632. The van der Waals surface area contributed by atoms with Crippen LogP contribution in [0.15, 0.2) is 24.3 Å². The first-order valence-electron chi connectivity index (χ1n) is 5.65. The molecule has 1 unspecified atom stereocenters. The average Bonchev–Trinajstić information content (AvgIpc) is 3.01. The lowest BCUT2D eigenvalue weighted by Crippen LogP contribution is -2.12. The fraction of sp³-hybridized carbons (Fsp3) is 0.538. The standard InChI is InChI=1S/C13H19N/c1-2-4-10-5-3-6-12(9-10)13(14)11-7-8-11/h3,5-6,9,11,13H,2,4,7-8,14H2,1H3. The molecule has 0 spiro atoms. The topological polar surface area (TPSA) is 26.0 Å². The molecule has 0 bridgehead atoms. The molecule has 76 valence electrons. The van der Waals surface area contributed by atoms with Gasteiger partial charge in [-0.3, -0.25) is 0 Å². The van der Waals surface area contributed by atoms with Crippen molar-refractivity contribution in [1.29, 1.82) is 0 Å². The van der Waals surface area contributed by atoms with Gasteiger partial charge in [0.25, 0.3) is 0 Å². The van der Waals surface area contributed by atoms with Gasteiger partial charge in [0.15, 0.2) is 0 Å². The third kappa shape index (κ3) is 2.16. The van der Waals surface area contributed by atoms with E-state index in [2.05, 4.69) is 31.2 Å². The van der Waals surface area contributed by atoms with Crippen molar-refractivity contribution >= 4 is 0 Å². The van der Waals surface area contributed by atoms with Crippen LogP contribution in [-0.2, 0) is 6.42 Å². The Hall–Kier alpha value is -0.820. The van der Waals surface area contributed by atoms with Crippen LogP contribution in [0.4, 0.5) is 0 Å². The highest BCUT2D eigenvalue weighted by molar-refractivity contribution is 5.27. The second kappa shape index (κ2) is 4.14. The van der Waals surface area contributed by atoms with Gasteiger partial charge in [-0.1, -0.05) is 37.6 Å². The molecule has 0 amide bonds. The van der Waals surface area contributed by atoms with E-state index in [1.54, 1.807) is 0 Å². The van der Waals surface area contributed by atoms with E-state index in [0.29, 0.717) is 0 Å². The summed E-state index contributed by atoms with van der Waals surface area (Å²) < 4.78 is 0. The summed E-state index contributed by atoms with van der Waals surface area (Å²) >= 11 is 0. The van der Waals surface area contributed by atoms with Gasteiger partial charge in [-0.25, -0.2) is 0 Å². The Labute approximate surface area is 86.3 Å². The molecule has 14 heavy (non-hydrogen) atoms. The highest BCUT2D eigenvalue weighted by atomic mass is 14.7. The molecule has 1 nitrogen and oxygen atoms in total. The molecular formula is C13H19N. The van der Waals surface area contributed by atoms with Gasteiger partial charge in [0.05, 0.1) is 0 Å². The van der Waals surface area contributed by atoms with E-state index < -0.39 is 0 Å². The Bertz CT molecular complexity index is 302. The predicted octanol–water partition coefficient (Wildman–Crippen LogP) is 3.05. The minimum absolute atomic E-state index is 0.284. The van der Waals surface area contributed by atoms with Crippen LogP contribution in [-0.4, -0.2) is 0 Å². The number of rotatable bonds is 4. The van der Waals surface area contributed by atoms with E-state index in [9.17, 15) is 0 Å². The minimum Gasteiger partial charge on any atom is -0.324 e. The van der Waals surface area contributed by atoms with Crippen molar-refractivity contribution in [3.8, 4) is 0 Å². The highest BCUT2D eigenvalue weighted by Crippen LogP contribution is 2.39. The van der Waals surface area contributed by atoms with E-state index in [1.165, 1.54) is 36.8 Å². The summed E-state index contributed by atoms with van der Waals surface area (Å²) in [6.45, 7) is 2.22. The van der Waals surface area contributed by atoms with Crippen LogP contribution in [0.3, 0.4) is 0 Å². The SMILES string of the molecule is CCCc1cccc(C(N)C2CC2)c1. The van der Waals surface area contributed by atoms with Gasteiger partial charge in [0.2, 0.25) is 0 Å². The van der Waals surface area contributed by atoms with Crippen molar-refractivity contribution in [1.82, 2.24) is 0 Å². The van der Waals surface area contributed by atoms with Gasteiger partial charge in [-0.15, -0.1) is 0 Å². The summed E-state index contributed by atoms with van der Waals surface area (Å²) in [5, 5.41) is 0. The molecule has 0 saturated heterocycles. The number of nitrogens with two attached hydrogens (primary N) is 1. The first kappa shape index (κ1) is 9.72. The molecule has 1 aliphatic carbocycles. The van der Waals surface area contributed by atoms with Crippen LogP contribution < -0.4 is 5.73 Å². The van der Waals surface area contributed by atoms with Crippen molar-refractivity contribution in [2.75, 3.05) is 0 Å². The molecule has 0 aromatic heterocycles. The Morgan fingerprint density at radius 2 is 2.21 bits per heavy atom. The average molecular weight is 189 g/mol. The largest absolute Gasteiger partial charge is 0.324 e. The number of aryl methyl sites for hydroxylation is 1. The van der Waals surface area contributed by atoms with Crippen molar-refractivity contribution in [3.05, 3.63) is 35.4 Å². The summed E-state index contributed by atoms with van der Waals surface area (Å²) in [5.41, 5.74) is 8.93. The first-order chi connectivity index (χ1) is 6.81. The molecule has 1 atom stereocenters. The lowest BCUT2D eigenvalue weighted by Gasteiger charge is -2.11. The fourth-order valence-corrected chi connectivity index (χ4v) is 1.97.